The summed E-state index contributed by atoms with van der Waals surface area (Å²) >= 11 is 1.88. The van der Waals surface area contributed by atoms with Gasteiger partial charge in [0, 0.05) is 36.9 Å². The minimum atomic E-state index is 1.09. The van der Waals surface area contributed by atoms with Gasteiger partial charge in [-0.1, -0.05) is 218 Å². The third kappa shape index (κ3) is 6.77. The number of fused-ring (bicyclic) bond motifs is 7. The van der Waals surface area contributed by atoms with E-state index in [4.69, 9.17) is 0 Å². The van der Waals surface area contributed by atoms with E-state index in [-0.39, 0.29) is 0 Å². The molecule has 0 unspecified atom stereocenters. The molecule has 1 heterocycles. The molecule has 0 aliphatic heterocycles. The van der Waals surface area contributed by atoms with Crippen LogP contribution in [0.25, 0.3) is 108 Å². The van der Waals surface area contributed by atoms with Gasteiger partial charge in [-0.3, -0.25) is 0 Å². The summed E-state index contributed by atoms with van der Waals surface area (Å²) in [6.07, 6.45) is 0. The van der Waals surface area contributed by atoms with Gasteiger partial charge in [-0.2, -0.15) is 0 Å². The van der Waals surface area contributed by atoms with Crippen LogP contribution in [0.2, 0.25) is 0 Å². The molecule has 0 N–H and O–H groups in total. The average molecular weight is 882 g/mol. The minimum Gasteiger partial charge on any atom is -0.310 e. The van der Waals surface area contributed by atoms with E-state index in [2.05, 4.69) is 266 Å². The molecule has 0 saturated carbocycles. The van der Waals surface area contributed by atoms with E-state index in [1.165, 1.54) is 103 Å². The molecule has 0 amide bonds. The first-order valence-corrected chi connectivity index (χ1v) is 24.1. The number of hydrogen-bond donors (Lipinski definition) is 0. The Hall–Kier alpha value is -8.56. The van der Waals surface area contributed by atoms with Gasteiger partial charge in [0.05, 0.1) is 5.69 Å². The van der Waals surface area contributed by atoms with Crippen molar-refractivity contribution in [3.05, 3.63) is 261 Å². The highest BCUT2D eigenvalue weighted by Crippen LogP contribution is 2.48. The van der Waals surface area contributed by atoms with Crippen LogP contribution in [0.4, 0.5) is 17.1 Å². The fourth-order valence-corrected chi connectivity index (χ4v) is 11.8. The maximum absolute atomic E-state index is 2.46. The van der Waals surface area contributed by atoms with Crippen LogP contribution in [0.5, 0.6) is 0 Å². The van der Waals surface area contributed by atoms with Gasteiger partial charge < -0.3 is 4.90 Å². The van der Waals surface area contributed by atoms with Crippen LogP contribution in [0, 0.1) is 0 Å². The van der Waals surface area contributed by atoms with Crippen LogP contribution in [0.3, 0.4) is 0 Å². The van der Waals surface area contributed by atoms with Crippen molar-refractivity contribution in [1.29, 1.82) is 0 Å². The van der Waals surface area contributed by atoms with E-state index in [0.29, 0.717) is 0 Å². The molecule has 0 fully saturated rings. The van der Waals surface area contributed by atoms with E-state index in [9.17, 15) is 0 Å². The van der Waals surface area contributed by atoms with Gasteiger partial charge in [0.15, 0.2) is 0 Å². The lowest BCUT2D eigenvalue weighted by molar-refractivity contribution is 1.30. The highest BCUT2D eigenvalue weighted by Gasteiger charge is 2.22. The molecular weight excluding hydrogens is 839 g/mol. The Morgan fingerprint density at radius 1 is 0.250 bits per heavy atom. The Kier molecular flexibility index (Phi) is 9.77. The Morgan fingerprint density at radius 2 is 0.750 bits per heavy atom. The van der Waals surface area contributed by atoms with E-state index in [0.717, 1.165) is 22.6 Å². The molecule has 1 nitrogen and oxygen atoms in total. The fourth-order valence-electron chi connectivity index (χ4n) is 10.6. The normalized spacial score (nSPS) is 11.5. The third-order valence-electron chi connectivity index (χ3n) is 13.6. The van der Waals surface area contributed by atoms with E-state index >= 15 is 0 Å². The average Bonchev–Trinajstić information content (AvgIpc) is 3.80. The SMILES string of the molecule is c1ccc(-c2ccc(N(c3cccc(-c4ccc5c(c4)c(-c4ccccc4)c(-c4ccccc4)c4ccccc45)c3)c3cccc(-c4cccc5c4sc4ccccc45)c3)c3ccccc23)cc1. The molecule has 0 bridgehead atoms. The molecule has 0 radical (unpaired) electrons. The predicted molar refractivity (Wildman–Crippen MR) is 294 cm³/mol. The first-order valence-electron chi connectivity index (χ1n) is 23.3. The van der Waals surface area contributed by atoms with Crippen molar-refractivity contribution in [2.45, 2.75) is 0 Å². The molecule has 1 aromatic heterocycles. The monoisotopic (exact) mass is 881 g/mol. The lowest BCUT2D eigenvalue weighted by Gasteiger charge is -2.28. The molecule has 68 heavy (non-hydrogen) atoms. The lowest BCUT2D eigenvalue weighted by atomic mass is 9.84. The van der Waals surface area contributed by atoms with Crippen molar-refractivity contribution >= 4 is 80.9 Å². The van der Waals surface area contributed by atoms with Crippen LogP contribution >= 0.6 is 11.3 Å². The predicted octanol–water partition coefficient (Wildman–Crippen LogP) is 19.3. The molecule has 0 spiro atoms. The molecule has 12 aromatic carbocycles. The van der Waals surface area contributed by atoms with Gasteiger partial charge in [0.1, 0.15) is 0 Å². The number of hydrogen-bond acceptors (Lipinski definition) is 2. The Balaban J connectivity index is 1.03. The summed E-state index contributed by atoms with van der Waals surface area (Å²) in [7, 11) is 0. The maximum atomic E-state index is 2.46. The summed E-state index contributed by atoms with van der Waals surface area (Å²) in [6, 6.07) is 95.8. The molecule has 13 aromatic rings. The van der Waals surface area contributed by atoms with Gasteiger partial charge in [-0.05, 0) is 125 Å². The van der Waals surface area contributed by atoms with Crippen molar-refractivity contribution in [2.24, 2.45) is 0 Å². The first kappa shape index (κ1) is 39.8. The molecule has 0 aliphatic rings. The smallest absolute Gasteiger partial charge is 0.0540 e. The molecule has 2 heteroatoms. The second-order valence-electron chi connectivity index (χ2n) is 17.5. The summed E-state index contributed by atoms with van der Waals surface area (Å²) in [6.45, 7) is 0. The number of anilines is 3. The molecule has 0 atom stereocenters. The maximum Gasteiger partial charge on any atom is 0.0540 e. The molecule has 318 valence electrons. The zero-order valence-electron chi connectivity index (χ0n) is 37.2. The van der Waals surface area contributed by atoms with Gasteiger partial charge >= 0.3 is 0 Å². The Labute approximate surface area is 400 Å². The van der Waals surface area contributed by atoms with Crippen LogP contribution in [0.1, 0.15) is 0 Å². The summed E-state index contributed by atoms with van der Waals surface area (Å²) in [5.41, 5.74) is 15.4. The summed E-state index contributed by atoms with van der Waals surface area (Å²) in [5, 5.41) is 10.0. The Morgan fingerprint density at radius 3 is 1.47 bits per heavy atom. The standard InChI is InChI=1S/C66H43NS/c1-4-19-44(20-5-1)52-39-40-62(57-31-12-10-29-54(52)57)67(51-28-17-26-49(42-51)53-34-18-35-60-58-32-14-15-36-63(58)68-66(53)60)50-27-16-25-47(41-50)48-37-38-56-55-30-11-13-33-59(55)64(45-21-6-2-7-22-45)65(61(56)43-48)46-23-8-3-9-24-46/h1-43H. The van der Waals surface area contributed by atoms with Crippen molar-refractivity contribution < 1.29 is 0 Å². The van der Waals surface area contributed by atoms with Crippen molar-refractivity contribution in [3.8, 4) is 55.6 Å². The number of rotatable bonds is 8. The van der Waals surface area contributed by atoms with E-state index in [1.807, 2.05) is 11.3 Å². The highest BCUT2D eigenvalue weighted by atomic mass is 32.1. The third-order valence-corrected chi connectivity index (χ3v) is 14.9. The lowest BCUT2D eigenvalue weighted by Crippen LogP contribution is -2.11. The van der Waals surface area contributed by atoms with Crippen LogP contribution in [-0.2, 0) is 0 Å². The van der Waals surface area contributed by atoms with Crippen LogP contribution in [0.15, 0.2) is 261 Å². The molecule has 0 saturated heterocycles. The summed E-state index contributed by atoms with van der Waals surface area (Å²) in [5.74, 6) is 0. The van der Waals surface area contributed by atoms with Gasteiger partial charge in [-0.25, -0.2) is 0 Å². The Bertz CT molecular complexity index is 4020. The van der Waals surface area contributed by atoms with Gasteiger partial charge in [0.25, 0.3) is 0 Å². The van der Waals surface area contributed by atoms with E-state index in [1.54, 1.807) is 0 Å². The molecule has 0 aliphatic carbocycles. The zero-order valence-corrected chi connectivity index (χ0v) is 38.0. The second kappa shape index (κ2) is 16.7. The minimum absolute atomic E-state index is 1.09. The van der Waals surface area contributed by atoms with Gasteiger partial charge in [-0.15, -0.1) is 11.3 Å². The highest BCUT2D eigenvalue weighted by molar-refractivity contribution is 7.26. The van der Waals surface area contributed by atoms with Gasteiger partial charge in [0.2, 0.25) is 0 Å². The van der Waals surface area contributed by atoms with Crippen molar-refractivity contribution in [2.75, 3.05) is 4.90 Å². The first-order chi connectivity index (χ1) is 33.7. The van der Waals surface area contributed by atoms with E-state index < -0.39 is 0 Å². The molecular formula is C66H43NS. The topological polar surface area (TPSA) is 3.24 Å². The zero-order chi connectivity index (χ0) is 45.0. The fraction of sp³-hybridized carbons (Fsp3) is 0. The summed E-state index contributed by atoms with van der Waals surface area (Å²) < 4.78 is 2.62. The summed E-state index contributed by atoms with van der Waals surface area (Å²) in [4.78, 5) is 2.46. The number of nitrogens with zero attached hydrogens (tertiary/aromatic N) is 1. The number of benzene rings is 12. The van der Waals surface area contributed by atoms with Crippen molar-refractivity contribution in [3.63, 3.8) is 0 Å². The molecule has 13 rings (SSSR count). The van der Waals surface area contributed by atoms with Crippen molar-refractivity contribution in [1.82, 2.24) is 0 Å². The largest absolute Gasteiger partial charge is 0.310 e. The second-order valence-corrected chi connectivity index (χ2v) is 18.6. The quantitative estimate of drug-likeness (QED) is 0.137. The van der Waals surface area contributed by atoms with Crippen LogP contribution in [-0.4, -0.2) is 0 Å². The number of thiophene rings is 1. The van der Waals surface area contributed by atoms with Crippen LogP contribution < -0.4 is 4.90 Å².